The lowest BCUT2D eigenvalue weighted by atomic mass is 9.84. The number of nitrogens with zero attached hydrogens (tertiary/aromatic N) is 3. The van der Waals surface area contributed by atoms with E-state index >= 15 is 0 Å². The minimum atomic E-state index is -0.133. The molecule has 2 aliphatic heterocycles. The highest BCUT2D eigenvalue weighted by atomic mass is 127. The summed E-state index contributed by atoms with van der Waals surface area (Å²) in [6.07, 6.45) is 6.99. The first-order valence-corrected chi connectivity index (χ1v) is 11.3. The molecule has 3 rings (SSSR count). The van der Waals surface area contributed by atoms with Crippen LogP contribution in [0.25, 0.3) is 0 Å². The lowest BCUT2D eigenvalue weighted by molar-refractivity contribution is 0.0208. The summed E-state index contributed by atoms with van der Waals surface area (Å²) in [5.74, 6) is 0.714. The number of likely N-dealkylation sites (tertiary alicyclic amines) is 2. The third-order valence-corrected chi connectivity index (χ3v) is 6.46. The van der Waals surface area contributed by atoms with Gasteiger partial charge in [0.05, 0.1) is 6.54 Å². The van der Waals surface area contributed by atoms with E-state index in [4.69, 9.17) is 4.99 Å². The Morgan fingerprint density at radius 1 is 1.07 bits per heavy atom. The highest BCUT2D eigenvalue weighted by molar-refractivity contribution is 14.0. The molecule has 1 aromatic carbocycles. The maximum Gasteiger partial charge on any atom is 0.191 e. The maximum absolute atomic E-state index is 13.9. The molecule has 0 saturated carbocycles. The summed E-state index contributed by atoms with van der Waals surface area (Å²) in [6, 6.07) is 7.00. The van der Waals surface area contributed by atoms with Crippen molar-refractivity contribution in [3.05, 3.63) is 35.6 Å². The van der Waals surface area contributed by atoms with Gasteiger partial charge >= 0.3 is 0 Å². The van der Waals surface area contributed by atoms with E-state index in [1.807, 2.05) is 12.1 Å². The summed E-state index contributed by atoms with van der Waals surface area (Å²) in [5, 5.41) is 6.78. The predicted molar refractivity (Wildman–Crippen MR) is 134 cm³/mol. The van der Waals surface area contributed by atoms with Crippen LogP contribution in [-0.4, -0.2) is 74.2 Å². The number of halogens is 2. The Bertz CT molecular complexity index is 655. The van der Waals surface area contributed by atoms with Gasteiger partial charge in [-0.2, -0.15) is 0 Å². The molecule has 0 atom stereocenters. The monoisotopic (exact) mass is 531 g/mol. The van der Waals surface area contributed by atoms with Crippen LogP contribution in [0.15, 0.2) is 29.3 Å². The second kappa shape index (κ2) is 12.8. The molecule has 2 N–H and O–H groups in total. The molecule has 2 heterocycles. The van der Waals surface area contributed by atoms with E-state index in [1.54, 1.807) is 6.07 Å². The molecule has 2 fully saturated rings. The number of piperidine rings is 2. The van der Waals surface area contributed by atoms with Crippen molar-refractivity contribution in [1.29, 1.82) is 0 Å². The van der Waals surface area contributed by atoms with E-state index in [0.29, 0.717) is 13.0 Å². The van der Waals surface area contributed by atoms with Crippen molar-refractivity contribution in [3.63, 3.8) is 0 Å². The zero-order valence-corrected chi connectivity index (χ0v) is 21.0. The highest BCUT2D eigenvalue weighted by Gasteiger charge is 2.39. The van der Waals surface area contributed by atoms with E-state index in [0.717, 1.165) is 37.7 Å². The average Bonchev–Trinajstić information content (AvgIpc) is 2.75. The Kier molecular flexibility index (Phi) is 10.8. The predicted octanol–water partition coefficient (Wildman–Crippen LogP) is 3.49. The van der Waals surface area contributed by atoms with E-state index in [1.165, 1.54) is 51.3 Å². The fourth-order valence-electron chi connectivity index (χ4n) is 4.56. The summed E-state index contributed by atoms with van der Waals surface area (Å²) in [5.41, 5.74) is 0.928. The molecule has 7 heteroatoms. The lowest BCUT2D eigenvalue weighted by Crippen LogP contribution is -2.58. The van der Waals surface area contributed by atoms with Crippen LogP contribution in [0.5, 0.6) is 0 Å². The van der Waals surface area contributed by atoms with Crippen LogP contribution in [0.3, 0.4) is 0 Å². The van der Waals surface area contributed by atoms with Crippen molar-refractivity contribution in [2.75, 3.05) is 52.9 Å². The van der Waals surface area contributed by atoms with Gasteiger partial charge in [-0.1, -0.05) is 24.6 Å². The standard InChI is InChI=1S/C23H38FN5.HI/c1-3-25-22(26-14-11-20-9-5-6-10-21(20)24)27-19-23(12-17-28(2)18-13-23)29-15-7-4-8-16-29;/h5-6,9-10H,3-4,7-8,11-19H2,1-2H3,(H2,25,26,27);1H. The second-order valence-corrected chi connectivity index (χ2v) is 8.54. The first-order chi connectivity index (χ1) is 14.1. The van der Waals surface area contributed by atoms with E-state index in [2.05, 4.69) is 34.4 Å². The Balaban J connectivity index is 0.00000320. The van der Waals surface area contributed by atoms with Gasteiger partial charge in [0.25, 0.3) is 0 Å². The quantitative estimate of drug-likeness (QED) is 0.321. The van der Waals surface area contributed by atoms with Crippen LogP contribution in [0.2, 0.25) is 0 Å². The summed E-state index contributed by atoms with van der Waals surface area (Å²) >= 11 is 0. The number of aliphatic imine (C=N–C) groups is 1. The molecule has 1 aromatic rings. The molecule has 170 valence electrons. The fraction of sp³-hybridized carbons (Fsp3) is 0.696. The van der Waals surface area contributed by atoms with E-state index in [9.17, 15) is 4.39 Å². The number of hydrogen-bond acceptors (Lipinski definition) is 3. The van der Waals surface area contributed by atoms with E-state index in [-0.39, 0.29) is 35.3 Å². The van der Waals surface area contributed by atoms with Crippen LogP contribution in [0, 0.1) is 5.82 Å². The molecule has 0 amide bonds. The molecule has 5 nitrogen and oxygen atoms in total. The van der Waals surface area contributed by atoms with Gasteiger partial charge in [-0.3, -0.25) is 9.89 Å². The van der Waals surface area contributed by atoms with Crippen LogP contribution in [0.1, 0.15) is 44.6 Å². The molecule has 2 saturated heterocycles. The first kappa shape index (κ1) is 25.3. The Labute approximate surface area is 198 Å². The first-order valence-electron chi connectivity index (χ1n) is 11.3. The van der Waals surface area contributed by atoms with Crippen molar-refractivity contribution in [2.45, 2.75) is 51.0 Å². The van der Waals surface area contributed by atoms with Gasteiger partial charge in [-0.25, -0.2) is 4.39 Å². The van der Waals surface area contributed by atoms with Gasteiger partial charge in [-0.05, 0) is 83.9 Å². The van der Waals surface area contributed by atoms with Crippen LogP contribution >= 0.6 is 24.0 Å². The Hall–Kier alpha value is -0.930. The van der Waals surface area contributed by atoms with Crippen molar-refractivity contribution < 1.29 is 4.39 Å². The summed E-state index contributed by atoms with van der Waals surface area (Å²) in [7, 11) is 2.22. The number of nitrogens with one attached hydrogen (secondary N) is 2. The zero-order valence-electron chi connectivity index (χ0n) is 18.6. The summed E-state index contributed by atoms with van der Waals surface area (Å²) in [6.45, 7) is 9.11. The SMILES string of the molecule is CCNC(=NCC1(N2CCCCC2)CCN(C)CC1)NCCc1ccccc1F.I. The molecule has 2 aliphatic rings. The van der Waals surface area contributed by atoms with Crippen LogP contribution < -0.4 is 10.6 Å². The van der Waals surface area contributed by atoms with Gasteiger partial charge in [0, 0.05) is 18.6 Å². The van der Waals surface area contributed by atoms with Crippen LogP contribution in [-0.2, 0) is 6.42 Å². The molecule has 30 heavy (non-hydrogen) atoms. The second-order valence-electron chi connectivity index (χ2n) is 8.54. The highest BCUT2D eigenvalue weighted by Crippen LogP contribution is 2.31. The largest absolute Gasteiger partial charge is 0.357 e. The van der Waals surface area contributed by atoms with Gasteiger partial charge < -0.3 is 15.5 Å². The molecule has 0 bridgehead atoms. The van der Waals surface area contributed by atoms with Crippen molar-refractivity contribution >= 4 is 29.9 Å². The van der Waals surface area contributed by atoms with Crippen molar-refractivity contribution in [2.24, 2.45) is 4.99 Å². The molecular weight excluding hydrogens is 492 g/mol. The minimum absolute atomic E-state index is 0. The van der Waals surface area contributed by atoms with Gasteiger partial charge in [0.1, 0.15) is 5.82 Å². The van der Waals surface area contributed by atoms with Gasteiger partial charge in [0.2, 0.25) is 0 Å². The number of guanidine groups is 1. The summed E-state index contributed by atoms with van der Waals surface area (Å²) in [4.78, 5) is 10.2. The average molecular weight is 532 g/mol. The molecule has 0 spiro atoms. The summed E-state index contributed by atoms with van der Waals surface area (Å²) < 4.78 is 13.9. The molecule has 0 radical (unpaired) electrons. The number of benzene rings is 1. The van der Waals surface area contributed by atoms with Crippen molar-refractivity contribution in [1.82, 2.24) is 20.4 Å². The Morgan fingerprint density at radius 2 is 1.77 bits per heavy atom. The van der Waals surface area contributed by atoms with Gasteiger partial charge in [0.15, 0.2) is 5.96 Å². The maximum atomic E-state index is 13.9. The van der Waals surface area contributed by atoms with Crippen LogP contribution in [0.4, 0.5) is 4.39 Å². The smallest absolute Gasteiger partial charge is 0.191 e. The lowest BCUT2D eigenvalue weighted by Gasteiger charge is -2.49. The molecule has 0 aliphatic carbocycles. The normalized spacial score (nSPS) is 20.4. The third kappa shape index (κ3) is 7.05. The van der Waals surface area contributed by atoms with E-state index < -0.39 is 0 Å². The van der Waals surface area contributed by atoms with Crippen molar-refractivity contribution in [3.8, 4) is 0 Å². The molecular formula is C23H39FIN5. The minimum Gasteiger partial charge on any atom is -0.357 e. The topological polar surface area (TPSA) is 42.9 Å². The number of rotatable bonds is 7. The fourth-order valence-corrected chi connectivity index (χ4v) is 4.56. The third-order valence-electron chi connectivity index (χ3n) is 6.46. The number of hydrogen-bond donors (Lipinski definition) is 2. The molecule has 0 aromatic heterocycles. The zero-order chi connectivity index (χ0) is 20.5. The van der Waals surface area contributed by atoms with Gasteiger partial charge in [-0.15, -0.1) is 24.0 Å². The molecule has 0 unspecified atom stereocenters. The Morgan fingerprint density at radius 3 is 2.43 bits per heavy atom.